The summed E-state index contributed by atoms with van der Waals surface area (Å²) in [6.45, 7) is 4.75. The van der Waals surface area contributed by atoms with Gasteiger partial charge in [0.15, 0.2) is 0 Å². The zero-order valence-corrected chi connectivity index (χ0v) is 30.6. The van der Waals surface area contributed by atoms with Crippen molar-refractivity contribution < 1.29 is 0 Å². The van der Waals surface area contributed by atoms with Crippen LogP contribution in [-0.2, 0) is 10.8 Å². The third-order valence-electron chi connectivity index (χ3n) is 12.6. The normalized spacial score (nSPS) is 17.7. The summed E-state index contributed by atoms with van der Waals surface area (Å²) in [4.78, 5) is 2.55. The molecule has 0 aromatic heterocycles. The van der Waals surface area contributed by atoms with Crippen LogP contribution in [0.5, 0.6) is 0 Å². The Bertz CT molecular complexity index is 2780. The van der Waals surface area contributed by atoms with E-state index in [4.69, 9.17) is 0 Å². The predicted molar refractivity (Wildman–Crippen MR) is 226 cm³/mol. The molecular weight excluding hydrogens is 651 g/mol. The molecule has 0 saturated heterocycles. The lowest BCUT2D eigenvalue weighted by molar-refractivity contribution is 0.660. The smallest absolute Gasteiger partial charge is 0.0692 e. The maximum atomic E-state index is 2.55. The van der Waals surface area contributed by atoms with E-state index in [-0.39, 0.29) is 10.8 Å². The van der Waals surface area contributed by atoms with Crippen molar-refractivity contribution in [2.75, 3.05) is 4.90 Å². The summed E-state index contributed by atoms with van der Waals surface area (Å²) in [5.41, 5.74) is 21.7. The molecule has 4 aliphatic rings. The van der Waals surface area contributed by atoms with E-state index in [0.29, 0.717) is 0 Å². The molecule has 1 atom stereocenters. The minimum absolute atomic E-state index is 0.126. The predicted octanol–water partition coefficient (Wildman–Crippen LogP) is 13.7. The maximum absolute atomic E-state index is 2.55. The highest BCUT2D eigenvalue weighted by Crippen LogP contribution is 2.65. The Morgan fingerprint density at radius 1 is 0.463 bits per heavy atom. The highest BCUT2D eigenvalue weighted by atomic mass is 15.1. The monoisotopic (exact) mass is 689 g/mol. The SMILES string of the molecule is CC1(C)c2ccccc2-c2ccc(N(c3ccccc3-c3ccccc3)c3cccc4c3-c3ccccc3C43C4=C(C=CC=CC4)c4ccccc43)cc21. The third kappa shape index (κ3) is 4.10. The van der Waals surface area contributed by atoms with Crippen molar-refractivity contribution >= 4 is 22.6 Å². The minimum Gasteiger partial charge on any atom is -0.309 e. The molecule has 0 bridgehead atoms. The third-order valence-corrected chi connectivity index (χ3v) is 12.6. The molecule has 1 heteroatoms. The lowest BCUT2D eigenvalue weighted by Gasteiger charge is -2.34. The number of allylic oxidation sites excluding steroid dienone is 6. The molecule has 0 N–H and O–H groups in total. The van der Waals surface area contributed by atoms with Crippen LogP contribution in [0, 0.1) is 0 Å². The summed E-state index contributed by atoms with van der Waals surface area (Å²) < 4.78 is 0. The van der Waals surface area contributed by atoms with Crippen LogP contribution in [-0.4, -0.2) is 0 Å². The molecule has 1 spiro atoms. The van der Waals surface area contributed by atoms with E-state index >= 15 is 0 Å². The van der Waals surface area contributed by atoms with E-state index in [1.165, 1.54) is 83.6 Å². The summed E-state index contributed by atoms with van der Waals surface area (Å²) in [6, 6.07) is 61.3. The molecule has 54 heavy (non-hydrogen) atoms. The maximum Gasteiger partial charge on any atom is 0.0692 e. The number of rotatable bonds is 4. The second kappa shape index (κ2) is 11.5. The standard InChI is InChI=1S/C53H39N/c1-52(2)43-25-13-9-22-38(43)41-33-32-36(34-48(41)52)54(49-30-16-12-20-37(49)35-18-5-3-6-19-35)50-31-17-29-47-51(50)42-24-11-15-28-46(42)53(47)44-26-8-4-7-21-39(44)40-23-10-14-27-45(40)53/h3-25,27-34H,26H2,1-2H3. The van der Waals surface area contributed by atoms with Gasteiger partial charge in [0.2, 0.25) is 0 Å². The van der Waals surface area contributed by atoms with Gasteiger partial charge in [0, 0.05) is 22.2 Å². The van der Waals surface area contributed by atoms with Crippen LogP contribution >= 0.6 is 0 Å². The first-order valence-corrected chi connectivity index (χ1v) is 19.2. The van der Waals surface area contributed by atoms with Gasteiger partial charge in [-0.3, -0.25) is 0 Å². The van der Waals surface area contributed by atoms with E-state index in [9.17, 15) is 0 Å². The number of anilines is 3. The van der Waals surface area contributed by atoms with Gasteiger partial charge in [0.25, 0.3) is 0 Å². The molecule has 0 fully saturated rings. The molecule has 0 amide bonds. The van der Waals surface area contributed by atoms with Crippen LogP contribution in [0.2, 0.25) is 0 Å². The molecule has 1 nitrogen and oxygen atoms in total. The van der Waals surface area contributed by atoms with E-state index in [1.54, 1.807) is 0 Å². The average Bonchev–Trinajstić information content (AvgIpc) is 3.65. The molecule has 256 valence electrons. The summed E-state index contributed by atoms with van der Waals surface area (Å²) >= 11 is 0. The van der Waals surface area contributed by atoms with Gasteiger partial charge >= 0.3 is 0 Å². The number of nitrogens with zero attached hydrogens (tertiary/aromatic N) is 1. The Morgan fingerprint density at radius 2 is 1.07 bits per heavy atom. The van der Waals surface area contributed by atoms with Gasteiger partial charge < -0.3 is 4.90 Å². The van der Waals surface area contributed by atoms with Gasteiger partial charge in [0.1, 0.15) is 0 Å². The molecule has 1 unspecified atom stereocenters. The van der Waals surface area contributed by atoms with Gasteiger partial charge in [-0.25, -0.2) is 0 Å². The highest BCUT2D eigenvalue weighted by Gasteiger charge is 2.53. The number of fused-ring (bicyclic) bond motifs is 12. The van der Waals surface area contributed by atoms with Crippen LogP contribution in [0.3, 0.4) is 0 Å². The quantitative estimate of drug-likeness (QED) is 0.178. The Hall–Kier alpha value is -6.44. The van der Waals surface area contributed by atoms with Crippen molar-refractivity contribution in [1.82, 2.24) is 0 Å². The zero-order chi connectivity index (χ0) is 36.0. The van der Waals surface area contributed by atoms with Crippen LogP contribution in [0.4, 0.5) is 17.1 Å². The van der Waals surface area contributed by atoms with Gasteiger partial charge in [0.05, 0.1) is 16.8 Å². The Kier molecular flexibility index (Phi) is 6.64. The molecule has 0 aliphatic heterocycles. The zero-order valence-electron chi connectivity index (χ0n) is 30.6. The second-order valence-electron chi connectivity index (χ2n) is 15.5. The Labute approximate surface area is 317 Å². The van der Waals surface area contributed by atoms with E-state index in [0.717, 1.165) is 17.8 Å². The number of hydrogen-bond acceptors (Lipinski definition) is 1. The molecule has 11 rings (SSSR count). The molecule has 0 saturated carbocycles. The van der Waals surface area contributed by atoms with Crippen LogP contribution in [0.25, 0.3) is 39.0 Å². The summed E-state index contributed by atoms with van der Waals surface area (Å²) in [6.07, 6.45) is 10.00. The fourth-order valence-electron chi connectivity index (χ4n) is 10.3. The Morgan fingerprint density at radius 3 is 1.89 bits per heavy atom. The number of hydrogen-bond donors (Lipinski definition) is 0. The van der Waals surface area contributed by atoms with Crippen molar-refractivity contribution in [3.05, 3.63) is 227 Å². The topological polar surface area (TPSA) is 3.24 Å². The van der Waals surface area contributed by atoms with E-state index < -0.39 is 0 Å². The highest BCUT2D eigenvalue weighted by molar-refractivity contribution is 6.03. The molecule has 7 aromatic carbocycles. The van der Waals surface area contributed by atoms with Gasteiger partial charge in [-0.15, -0.1) is 0 Å². The first kappa shape index (κ1) is 31.1. The van der Waals surface area contributed by atoms with Gasteiger partial charge in [-0.2, -0.15) is 0 Å². The minimum atomic E-state index is -0.390. The number of benzene rings is 7. The largest absolute Gasteiger partial charge is 0.309 e. The Balaban J connectivity index is 1.23. The lowest BCUT2D eigenvalue weighted by atomic mass is 9.69. The van der Waals surface area contributed by atoms with Crippen molar-refractivity contribution in [3.63, 3.8) is 0 Å². The fraction of sp³-hybridized carbons (Fsp3) is 0.0943. The summed E-state index contributed by atoms with van der Waals surface area (Å²) in [7, 11) is 0. The van der Waals surface area contributed by atoms with E-state index in [1.807, 2.05) is 0 Å². The summed E-state index contributed by atoms with van der Waals surface area (Å²) in [5, 5.41) is 0. The first-order valence-electron chi connectivity index (χ1n) is 19.2. The fourth-order valence-corrected chi connectivity index (χ4v) is 10.3. The molecule has 0 heterocycles. The van der Waals surface area contributed by atoms with Crippen molar-refractivity contribution in [2.45, 2.75) is 31.1 Å². The lowest BCUT2D eigenvalue weighted by Crippen LogP contribution is -2.27. The molecule has 4 aliphatic carbocycles. The van der Waals surface area contributed by atoms with Gasteiger partial charge in [-0.05, 0) is 97.5 Å². The molecule has 0 radical (unpaired) electrons. The average molecular weight is 690 g/mol. The summed E-state index contributed by atoms with van der Waals surface area (Å²) in [5.74, 6) is 0. The number of para-hydroxylation sites is 1. The molecular formula is C53H39N. The first-order chi connectivity index (χ1) is 26.6. The molecule has 7 aromatic rings. The van der Waals surface area contributed by atoms with Crippen LogP contribution < -0.4 is 4.90 Å². The van der Waals surface area contributed by atoms with Crippen molar-refractivity contribution in [3.8, 4) is 33.4 Å². The second-order valence-corrected chi connectivity index (χ2v) is 15.5. The van der Waals surface area contributed by atoms with Crippen LogP contribution in [0.15, 0.2) is 194 Å². The van der Waals surface area contributed by atoms with E-state index in [2.05, 4.69) is 207 Å². The van der Waals surface area contributed by atoms with Crippen molar-refractivity contribution in [2.24, 2.45) is 0 Å². The van der Waals surface area contributed by atoms with Crippen molar-refractivity contribution in [1.29, 1.82) is 0 Å². The van der Waals surface area contributed by atoms with Gasteiger partial charge in [-0.1, -0.05) is 178 Å². The van der Waals surface area contributed by atoms with Crippen LogP contribution in [0.1, 0.15) is 53.6 Å².